The Morgan fingerprint density at radius 2 is 2.35 bits per heavy atom. The lowest BCUT2D eigenvalue weighted by atomic mass is 10.2. The zero-order chi connectivity index (χ0) is 12.4. The Kier molecular flexibility index (Phi) is 3.15. The summed E-state index contributed by atoms with van der Waals surface area (Å²) >= 11 is 5.79. The molecule has 2 rings (SSSR count). The average Bonchev–Trinajstić information content (AvgIpc) is 2.30. The SMILES string of the molecule is C=C(OCC)c1nc2ccc(Cl)cc2c(=O)o1. The summed E-state index contributed by atoms with van der Waals surface area (Å²) in [7, 11) is 0. The van der Waals surface area contributed by atoms with Gasteiger partial charge in [-0.1, -0.05) is 18.2 Å². The van der Waals surface area contributed by atoms with Crippen LogP contribution < -0.4 is 5.63 Å². The summed E-state index contributed by atoms with van der Waals surface area (Å²) in [5.74, 6) is 0.327. The van der Waals surface area contributed by atoms with Crippen LogP contribution in [0.3, 0.4) is 0 Å². The molecule has 88 valence electrons. The van der Waals surface area contributed by atoms with Crippen LogP contribution in [0.5, 0.6) is 0 Å². The van der Waals surface area contributed by atoms with Crippen molar-refractivity contribution in [2.45, 2.75) is 6.92 Å². The number of hydrogen-bond acceptors (Lipinski definition) is 4. The van der Waals surface area contributed by atoms with E-state index in [1.54, 1.807) is 12.1 Å². The third-order valence-corrected chi connectivity index (χ3v) is 2.38. The van der Waals surface area contributed by atoms with Crippen LogP contribution in [0.15, 0.2) is 34.0 Å². The van der Waals surface area contributed by atoms with Crippen LogP contribution >= 0.6 is 11.6 Å². The predicted octanol–water partition coefficient (Wildman–Crippen LogP) is 2.85. The van der Waals surface area contributed by atoms with E-state index in [1.165, 1.54) is 6.07 Å². The fourth-order valence-corrected chi connectivity index (χ4v) is 1.57. The lowest BCUT2D eigenvalue weighted by molar-refractivity contribution is 0.282. The third kappa shape index (κ3) is 2.31. The quantitative estimate of drug-likeness (QED) is 0.787. The Labute approximate surface area is 102 Å². The molecule has 1 aromatic carbocycles. The molecule has 5 heteroatoms. The minimum Gasteiger partial charge on any atom is -0.489 e. The molecule has 1 heterocycles. The second kappa shape index (κ2) is 4.59. The van der Waals surface area contributed by atoms with Gasteiger partial charge in [-0.3, -0.25) is 0 Å². The van der Waals surface area contributed by atoms with Crippen molar-refractivity contribution in [2.24, 2.45) is 0 Å². The first-order chi connectivity index (χ1) is 8.11. The van der Waals surface area contributed by atoms with Gasteiger partial charge in [-0.05, 0) is 25.1 Å². The molecule has 0 atom stereocenters. The van der Waals surface area contributed by atoms with E-state index in [9.17, 15) is 4.79 Å². The highest BCUT2D eigenvalue weighted by Crippen LogP contribution is 2.17. The van der Waals surface area contributed by atoms with Crippen molar-refractivity contribution in [3.63, 3.8) is 0 Å². The highest BCUT2D eigenvalue weighted by molar-refractivity contribution is 6.31. The second-order valence-electron chi connectivity index (χ2n) is 3.32. The molecule has 0 fully saturated rings. The molecule has 0 aliphatic rings. The highest BCUT2D eigenvalue weighted by atomic mass is 35.5. The maximum Gasteiger partial charge on any atom is 0.347 e. The van der Waals surface area contributed by atoms with Crippen LogP contribution in [0.25, 0.3) is 16.7 Å². The molecule has 0 aliphatic heterocycles. The topological polar surface area (TPSA) is 52.3 Å². The van der Waals surface area contributed by atoms with E-state index in [0.717, 1.165) is 0 Å². The fraction of sp³-hybridized carbons (Fsp3) is 0.167. The van der Waals surface area contributed by atoms with E-state index in [1.807, 2.05) is 6.92 Å². The van der Waals surface area contributed by atoms with E-state index < -0.39 is 5.63 Å². The first kappa shape index (κ1) is 11.7. The van der Waals surface area contributed by atoms with Gasteiger partial charge >= 0.3 is 5.63 Å². The van der Waals surface area contributed by atoms with E-state index >= 15 is 0 Å². The first-order valence-corrected chi connectivity index (χ1v) is 5.42. The van der Waals surface area contributed by atoms with Gasteiger partial charge in [-0.15, -0.1) is 0 Å². The summed E-state index contributed by atoms with van der Waals surface area (Å²) in [6.07, 6.45) is 0. The molecule has 0 saturated heterocycles. The van der Waals surface area contributed by atoms with Gasteiger partial charge in [-0.25, -0.2) is 9.78 Å². The Morgan fingerprint density at radius 3 is 3.06 bits per heavy atom. The van der Waals surface area contributed by atoms with Crippen LogP contribution in [0.1, 0.15) is 12.8 Å². The maximum absolute atomic E-state index is 11.7. The van der Waals surface area contributed by atoms with Crippen molar-refractivity contribution in [1.29, 1.82) is 0 Å². The van der Waals surface area contributed by atoms with Crippen LogP contribution in [-0.2, 0) is 4.74 Å². The molecule has 0 N–H and O–H groups in total. The van der Waals surface area contributed by atoms with Crippen LogP contribution in [-0.4, -0.2) is 11.6 Å². The van der Waals surface area contributed by atoms with E-state index in [0.29, 0.717) is 22.5 Å². The molecule has 1 aromatic heterocycles. The van der Waals surface area contributed by atoms with E-state index in [-0.39, 0.29) is 11.6 Å². The molecule has 17 heavy (non-hydrogen) atoms. The molecule has 0 unspecified atom stereocenters. The first-order valence-electron chi connectivity index (χ1n) is 5.04. The Hall–Kier alpha value is -1.81. The molecule has 4 nitrogen and oxygen atoms in total. The summed E-state index contributed by atoms with van der Waals surface area (Å²) in [5, 5.41) is 0.800. The number of halogens is 1. The van der Waals surface area contributed by atoms with Gasteiger partial charge in [0.2, 0.25) is 0 Å². The summed E-state index contributed by atoms with van der Waals surface area (Å²) in [6, 6.07) is 4.82. The van der Waals surface area contributed by atoms with Gasteiger partial charge < -0.3 is 9.15 Å². The molecule has 2 aromatic rings. The molecule has 0 bridgehead atoms. The smallest absolute Gasteiger partial charge is 0.347 e. The average molecular weight is 252 g/mol. The number of hydrogen-bond donors (Lipinski definition) is 0. The Balaban J connectivity index is 2.60. The Morgan fingerprint density at radius 1 is 1.59 bits per heavy atom. The molecule has 0 radical (unpaired) electrons. The normalized spacial score (nSPS) is 10.5. The van der Waals surface area contributed by atoms with Crippen molar-refractivity contribution in [3.05, 3.63) is 46.1 Å². The van der Waals surface area contributed by atoms with E-state index in [4.69, 9.17) is 20.8 Å². The van der Waals surface area contributed by atoms with Crippen molar-refractivity contribution in [1.82, 2.24) is 4.98 Å². The van der Waals surface area contributed by atoms with Crippen LogP contribution in [0.4, 0.5) is 0 Å². The largest absolute Gasteiger partial charge is 0.489 e. The van der Waals surface area contributed by atoms with Gasteiger partial charge in [0.25, 0.3) is 5.89 Å². The van der Waals surface area contributed by atoms with E-state index in [2.05, 4.69) is 11.6 Å². The molecular formula is C12H10ClNO3. The fourth-order valence-electron chi connectivity index (χ4n) is 1.40. The second-order valence-corrected chi connectivity index (χ2v) is 3.76. The molecule has 0 saturated carbocycles. The standard InChI is InChI=1S/C12H10ClNO3/c1-3-16-7(2)11-14-10-5-4-8(13)6-9(10)12(15)17-11/h4-6H,2-3H2,1H3. The zero-order valence-electron chi connectivity index (χ0n) is 9.20. The minimum absolute atomic E-state index is 0.0895. The van der Waals surface area contributed by atoms with Gasteiger partial charge in [0, 0.05) is 5.02 Å². The zero-order valence-corrected chi connectivity index (χ0v) is 9.95. The number of rotatable bonds is 3. The lowest BCUT2D eigenvalue weighted by Crippen LogP contribution is -2.05. The highest BCUT2D eigenvalue weighted by Gasteiger charge is 2.10. The van der Waals surface area contributed by atoms with Gasteiger partial charge in [0.05, 0.1) is 17.5 Å². The minimum atomic E-state index is -0.506. The predicted molar refractivity (Wildman–Crippen MR) is 65.9 cm³/mol. The summed E-state index contributed by atoms with van der Waals surface area (Å²) < 4.78 is 10.1. The van der Waals surface area contributed by atoms with Crippen molar-refractivity contribution in [3.8, 4) is 0 Å². The lowest BCUT2D eigenvalue weighted by Gasteiger charge is -2.05. The van der Waals surface area contributed by atoms with Gasteiger partial charge in [-0.2, -0.15) is 0 Å². The van der Waals surface area contributed by atoms with Crippen molar-refractivity contribution < 1.29 is 9.15 Å². The number of aromatic nitrogens is 1. The third-order valence-electron chi connectivity index (χ3n) is 2.15. The van der Waals surface area contributed by atoms with Gasteiger partial charge in [0.1, 0.15) is 0 Å². The number of ether oxygens (including phenoxy) is 1. The Bertz CT molecular complexity index is 633. The maximum atomic E-state index is 11.7. The number of nitrogens with zero attached hydrogens (tertiary/aromatic N) is 1. The monoisotopic (exact) mass is 251 g/mol. The summed E-state index contributed by atoms with van der Waals surface area (Å²) in [5.41, 5.74) is -0.00476. The number of benzene rings is 1. The molecule has 0 aliphatic carbocycles. The van der Waals surface area contributed by atoms with Crippen molar-refractivity contribution >= 4 is 28.3 Å². The van der Waals surface area contributed by atoms with Crippen LogP contribution in [0, 0.1) is 0 Å². The van der Waals surface area contributed by atoms with Crippen LogP contribution in [0.2, 0.25) is 5.02 Å². The summed E-state index contributed by atoms with van der Waals surface area (Å²) in [6.45, 7) is 5.88. The molecular weight excluding hydrogens is 242 g/mol. The molecule has 0 spiro atoms. The van der Waals surface area contributed by atoms with Gasteiger partial charge in [0.15, 0.2) is 5.76 Å². The molecule has 0 amide bonds. The summed E-state index contributed by atoms with van der Waals surface area (Å²) in [4.78, 5) is 15.8. The van der Waals surface area contributed by atoms with Crippen molar-refractivity contribution in [2.75, 3.05) is 6.61 Å². The number of fused-ring (bicyclic) bond motifs is 1.